The maximum Gasteiger partial charge on any atom is 0.213 e. The standard InChI is InChI=1S/C11H15N3.C8H6FN3/c1-2-12-10-7-4-8-13-11(10)14-9-5-3-6-9;9-7-3-1-2-6(12-7)8-10-4-5-11-8/h2,4,7-9H,3,5-6H2,1H3,(H,13,14);1-5H,(H,10,11). The molecule has 0 saturated heterocycles. The summed E-state index contributed by atoms with van der Waals surface area (Å²) in [5.74, 6) is 0.994. The smallest absolute Gasteiger partial charge is 0.213 e. The highest BCUT2D eigenvalue weighted by Gasteiger charge is 2.18. The normalized spacial score (nSPS) is 13.8. The van der Waals surface area contributed by atoms with Crippen molar-refractivity contribution >= 4 is 17.7 Å². The lowest BCUT2D eigenvalue weighted by atomic mass is 9.93. The molecule has 1 aliphatic rings. The van der Waals surface area contributed by atoms with E-state index in [1.165, 1.54) is 25.3 Å². The average molecular weight is 352 g/mol. The van der Waals surface area contributed by atoms with Crippen molar-refractivity contribution in [2.75, 3.05) is 5.32 Å². The summed E-state index contributed by atoms with van der Waals surface area (Å²) in [7, 11) is 0. The molecule has 3 aromatic heterocycles. The molecule has 4 rings (SSSR count). The van der Waals surface area contributed by atoms with Crippen LogP contribution in [0, 0.1) is 5.95 Å². The van der Waals surface area contributed by atoms with Gasteiger partial charge in [-0.05, 0) is 50.5 Å². The predicted octanol–water partition coefficient (Wildman–Crippen LogP) is 4.38. The van der Waals surface area contributed by atoms with Crippen LogP contribution in [0.5, 0.6) is 0 Å². The number of anilines is 1. The number of halogens is 1. The van der Waals surface area contributed by atoms with E-state index in [9.17, 15) is 4.39 Å². The second-order valence-corrected chi connectivity index (χ2v) is 5.81. The van der Waals surface area contributed by atoms with E-state index in [0.717, 1.165) is 11.5 Å². The first-order valence-corrected chi connectivity index (χ1v) is 8.59. The van der Waals surface area contributed by atoms with Crippen LogP contribution in [0.25, 0.3) is 11.5 Å². The molecule has 7 heteroatoms. The van der Waals surface area contributed by atoms with Crippen molar-refractivity contribution in [1.29, 1.82) is 0 Å². The van der Waals surface area contributed by atoms with Crippen molar-refractivity contribution in [2.24, 2.45) is 4.99 Å². The summed E-state index contributed by atoms with van der Waals surface area (Å²) < 4.78 is 12.6. The first-order valence-electron chi connectivity index (χ1n) is 8.59. The zero-order chi connectivity index (χ0) is 18.2. The molecule has 1 fully saturated rings. The Kier molecular flexibility index (Phi) is 6.03. The third-order valence-electron chi connectivity index (χ3n) is 3.96. The number of hydrogen-bond acceptors (Lipinski definition) is 5. The van der Waals surface area contributed by atoms with Gasteiger partial charge in [-0.3, -0.25) is 4.99 Å². The number of pyridine rings is 2. The van der Waals surface area contributed by atoms with Crippen LogP contribution >= 0.6 is 0 Å². The molecule has 3 aromatic rings. The van der Waals surface area contributed by atoms with Gasteiger partial charge in [0.25, 0.3) is 0 Å². The molecule has 1 aliphatic carbocycles. The fraction of sp³-hybridized carbons (Fsp3) is 0.263. The van der Waals surface area contributed by atoms with Crippen molar-refractivity contribution < 1.29 is 4.39 Å². The Hall–Kier alpha value is -3.09. The van der Waals surface area contributed by atoms with Crippen LogP contribution in [0.3, 0.4) is 0 Å². The summed E-state index contributed by atoms with van der Waals surface area (Å²) >= 11 is 0. The van der Waals surface area contributed by atoms with Gasteiger partial charge < -0.3 is 10.3 Å². The lowest BCUT2D eigenvalue weighted by molar-refractivity contribution is 0.444. The SMILES string of the molecule is CC=Nc1cccnc1NC1CCC1.Fc1cccc(-c2ncc[nH]2)n1. The molecule has 26 heavy (non-hydrogen) atoms. The van der Waals surface area contributed by atoms with Crippen LogP contribution in [-0.2, 0) is 0 Å². The van der Waals surface area contributed by atoms with Crippen molar-refractivity contribution in [3.8, 4) is 11.5 Å². The fourth-order valence-electron chi connectivity index (χ4n) is 2.44. The van der Waals surface area contributed by atoms with Crippen LogP contribution in [0.15, 0.2) is 53.9 Å². The Bertz CT molecular complexity index is 843. The minimum Gasteiger partial charge on any atom is -0.366 e. The zero-order valence-electron chi connectivity index (χ0n) is 14.6. The second kappa shape index (κ2) is 8.84. The Morgan fingerprint density at radius 1 is 1.19 bits per heavy atom. The quantitative estimate of drug-likeness (QED) is 0.539. The van der Waals surface area contributed by atoms with Crippen LogP contribution in [0.1, 0.15) is 26.2 Å². The number of aromatic nitrogens is 4. The number of aliphatic imine (C=N–C) groups is 1. The maximum atomic E-state index is 12.6. The third kappa shape index (κ3) is 4.72. The number of nitrogens with one attached hydrogen (secondary N) is 2. The summed E-state index contributed by atoms with van der Waals surface area (Å²) in [5.41, 5.74) is 1.45. The van der Waals surface area contributed by atoms with Crippen molar-refractivity contribution in [2.45, 2.75) is 32.2 Å². The maximum absolute atomic E-state index is 12.6. The molecule has 0 bridgehead atoms. The van der Waals surface area contributed by atoms with Crippen molar-refractivity contribution in [3.05, 3.63) is 54.9 Å². The van der Waals surface area contributed by atoms with Gasteiger partial charge in [-0.15, -0.1) is 0 Å². The molecule has 0 spiro atoms. The van der Waals surface area contributed by atoms with E-state index < -0.39 is 5.95 Å². The monoisotopic (exact) mass is 352 g/mol. The zero-order valence-corrected chi connectivity index (χ0v) is 14.6. The van der Waals surface area contributed by atoms with Gasteiger partial charge in [0.2, 0.25) is 5.95 Å². The van der Waals surface area contributed by atoms with E-state index in [1.807, 2.05) is 19.1 Å². The lowest BCUT2D eigenvalue weighted by Gasteiger charge is -2.27. The van der Waals surface area contributed by atoms with Crippen LogP contribution in [0.2, 0.25) is 0 Å². The average Bonchev–Trinajstić information content (AvgIpc) is 3.15. The molecule has 134 valence electrons. The largest absolute Gasteiger partial charge is 0.366 e. The molecule has 0 aromatic carbocycles. The number of imidazole rings is 1. The predicted molar refractivity (Wildman–Crippen MR) is 101 cm³/mol. The van der Waals surface area contributed by atoms with Crippen molar-refractivity contribution in [3.63, 3.8) is 0 Å². The van der Waals surface area contributed by atoms with Gasteiger partial charge in [-0.1, -0.05) is 6.07 Å². The third-order valence-corrected chi connectivity index (χ3v) is 3.96. The number of H-pyrrole nitrogens is 1. The van der Waals surface area contributed by atoms with Gasteiger partial charge >= 0.3 is 0 Å². The summed E-state index contributed by atoms with van der Waals surface area (Å²) in [4.78, 5) is 19.0. The molecule has 3 heterocycles. The first kappa shape index (κ1) is 17.7. The van der Waals surface area contributed by atoms with Crippen molar-refractivity contribution in [1.82, 2.24) is 19.9 Å². The summed E-state index contributed by atoms with van der Waals surface area (Å²) in [5, 5.41) is 3.41. The van der Waals surface area contributed by atoms with E-state index in [-0.39, 0.29) is 0 Å². The van der Waals surface area contributed by atoms with Crippen LogP contribution in [-0.4, -0.2) is 32.2 Å². The van der Waals surface area contributed by atoms with E-state index >= 15 is 0 Å². The molecular formula is C19H21FN6. The van der Waals surface area contributed by atoms with Crippen LogP contribution in [0.4, 0.5) is 15.9 Å². The van der Waals surface area contributed by atoms with Gasteiger partial charge in [0.1, 0.15) is 11.4 Å². The van der Waals surface area contributed by atoms with Gasteiger partial charge in [0.05, 0.1) is 0 Å². The summed E-state index contributed by atoms with van der Waals surface area (Å²) in [6.07, 6.45) is 10.7. The molecule has 6 nitrogen and oxygen atoms in total. The highest BCUT2D eigenvalue weighted by atomic mass is 19.1. The number of nitrogens with zero attached hydrogens (tertiary/aromatic N) is 4. The second-order valence-electron chi connectivity index (χ2n) is 5.81. The Balaban J connectivity index is 0.000000152. The molecule has 1 saturated carbocycles. The molecule has 0 aliphatic heterocycles. The highest BCUT2D eigenvalue weighted by Crippen LogP contribution is 2.27. The lowest BCUT2D eigenvalue weighted by Crippen LogP contribution is -2.27. The highest BCUT2D eigenvalue weighted by molar-refractivity contribution is 5.68. The Morgan fingerprint density at radius 2 is 2.08 bits per heavy atom. The molecule has 0 unspecified atom stereocenters. The first-order chi connectivity index (χ1) is 12.8. The Labute approximate surface area is 151 Å². The van der Waals surface area contributed by atoms with E-state index in [4.69, 9.17) is 0 Å². The topological polar surface area (TPSA) is 78.9 Å². The van der Waals surface area contributed by atoms with Gasteiger partial charge in [0, 0.05) is 30.8 Å². The van der Waals surface area contributed by atoms with Crippen LogP contribution < -0.4 is 5.32 Å². The van der Waals surface area contributed by atoms with E-state index in [2.05, 4.69) is 30.2 Å². The number of aromatic amines is 1. The molecule has 2 N–H and O–H groups in total. The van der Waals surface area contributed by atoms with Gasteiger partial charge in [-0.2, -0.15) is 4.39 Å². The van der Waals surface area contributed by atoms with Gasteiger partial charge in [0.15, 0.2) is 11.6 Å². The summed E-state index contributed by atoms with van der Waals surface area (Å²) in [6.45, 7) is 1.92. The van der Waals surface area contributed by atoms with E-state index in [1.54, 1.807) is 36.9 Å². The molecular weight excluding hydrogens is 331 g/mol. The van der Waals surface area contributed by atoms with E-state index in [0.29, 0.717) is 17.6 Å². The Morgan fingerprint density at radius 3 is 2.73 bits per heavy atom. The number of hydrogen-bond donors (Lipinski definition) is 2. The minimum absolute atomic E-state index is 0.496. The molecule has 0 radical (unpaired) electrons. The fourth-order valence-corrected chi connectivity index (χ4v) is 2.44. The molecule has 0 atom stereocenters. The molecule has 0 amide bonds. The summed E-state index contributed by atoms with van der Waals surface area (Å²) in [6, 6.07) is 9.09. The minimum atomic E-state index is -0.496. The number of rotatable bonds is 4. The van der Waals surface area contributed by atoms with Gasteiger partial charge in [-0.25, -0.2) is 15.0 Å².